The lowest BCUT2D eigenvalue weighted by Crippen LogP contribution is -2.22. The normalized spacial score (nSPS) is 8.31. The van der Waals surface area contributed by atoms with Crippen molar-refractivity contribution in [2.24, 2.45) is 16.6 Å². The fourth-order valence-electron chi connectivity index (χ4n) is 0.756. The quantitative estimate of drug-likeness (QED) is 0.432. The molecule has 1 aromatic carbocycles. The molecule has 0 heterocycles. The Kier molecular flexibility index (Phi) is 5.47. The Labute approximate surface area is 83.0 Å². The molecular weight excluding hydrogens is 190 g/mol. The molecule has 13 heavy (non-hydrogen) atoms. The van der Waals surface area contributed by atoms with E-state index in [9.17, 15) is 0 Å². The summed E-state index contributed by atoms with van der Waals surface area (Å²) in [5, 5.41) is 3.39. The molecule has 0 spiro atoms. The van der Waals surface area contributed by atoms with Gasteiger partial charge < -0.3 is 16.3 Å². The van der Waals surface area contributed by atoms with E-state index >= 15 is 0 Å². The fraction of sp³-hybridized carbons (Fsp3) is 0.125. The second-order valence-electron chi connectivity index (χ2n) is 2.28. The second-order valence-corrected chi connectivity index (χ2v) is 2.28. The van der Waals surface area contributed by atoms with E-state index in [1.807, 2.05) is 30.3 Å². The van der Waals surface area contributed by atoms with E-state index in [1.165, 1.54) is 0 Å². The Bertz CT molecular complexity index is 259. The van der Waals surface area contributed by atoms with Crippen molar-refractivity contribution in [2.75, 3.05) is 0 Å². The van der Waals surface area contributed by atoms with Gasteiger partial charge in [0.15, 0.2) is 0 Å². The molecule has 0 fully saturated rings. The van der Waals surface area contributed by atoms with Crippen LogP contribution in [0.1, 0.15) is 5.56 Å². The van der Waals surface area contributed by atoms with Gasteiger partial charge in [-0.2, -0.15) is 0 Å². The summed E-state index contributed by atoms with van der Waals surface area (Å²) >= 11 is 0. The molecule has 0 saturated carbocycles. The highest BCUT2D eigenvalue weighted by Crippen LogP contribution is 1.99. The average molecular weight is 202 g/mol. The molecule has 5 heteroatoms. The largest absolute Gasteiger partial charge is 0.388 e. The standard InChI is InChI=1S/C8H11N3O.ClH/c9-8(10)11-12-6-7-4-2-1-3-5-7;/h1-5H,6H2,(H4,9,10,11);1H. The summed E-state index contributed by atoms with van der Waals surface area (Å²) in [7, 11) is 0. The first-order valence-corrected chi connectivity index (χ1v) is 3.54. The van der Waals surface area contributed by atoms with Crippen molar-refractivity contribution in [3.63, 3.8) is 0 Å². The molecule has 0 aliphatic rings. The molecule has 1 aromatic rings. The van der Waals surface area contributed by atoms with Crippen LogP contribution in [0.15, 0.2) is 35.5 Å². The number of guanidine groups is 1. The van der Waals surface area contributed by atoms with Gasteiger partial charge in [0.1, 0.15) is 6.61 Å². The SMILES string of the molecule is Cl.NC(N)=NOCc1ccccc1. The maximum Gasteiger partial charge on any atom is 0.228 e. The molecular formula is C8H12ClN3O. The highest BCUT2D eigenvalue weighted by molar-refractivity contribution is 5.85. The number of hydrogen-bond donors (Lipinski definition) is 2. The third-order valence-corrected chi connectivity index (χ3v) is 1.24. The van der Waals surface area contributed by atoms with Crippen LogP contribution in [0.2, 0.25) is 0 Å². The molecule has 4 N–H and O–H groups in total. The van der Waals surface area contributed by atoms with Gasteiger partial charge in [0.2, 0.25) is 5.96 Å². The van der Waals surface area contributed by atoms with Crippen molar-refractivity contribution in [3.05, 3.63) is 35.9 Å². The van der Waals surface area contributed by atoms with E-state index in [-0.39, 0.29) is 18.4 Å². The number of hydrogen-bond acceptors (Lipinski definition) is 2. The summed E-state index contributed by atoms with van der Waals surface area (Å²) in [5.41, 5.74) is 11.1. The minimum atomic E-state index is -0.0640. The van der Waals surface area contributed by atoms with Crippen LogP contribution in [0.5, 0.6) is 0 Å². The number of nitrogens with two attached hydrogens (primary N) is 2. The topological polar surface area (TPSA) is 73.6 Å². The summed E-state index contributed by atoms with van der Waals surface area (Å²) in [6.45, 7) is 0.388. The third-order valence-electron chi connectivity index (χ3n) is 1.24. The van der Waals surface area contributed by atoms with Crippen molar-refractivity contribution >= 4 is 18.4 Å². The molecule has 0 radical (unpaired) electrons. The van der Waals surface area contributed by atoms with Gasteiger partial charge in [-0.1, -0.05) is 30.3 Å². The zero-order valence-electron chi connectivity index (χ0n) is 7.01. The van der Waals surface area contributed by atoms with Gasteiger partial charge in [0.25, 0.3) is 0 Å². The maximum absolute atomic E-state index is 5.06. The highest BCUT2D eigenvalue weighted by Gasteiger charge is 1.89. The number of halogens is 1. The van der Waals surface area contributed by atoms with Crippen LogP contribution < -0.4 is 11.5 Å². The van der Waals surface area contributed by atoms with E-state index < -0.39 is 0 Å². The summed E-state index contributed by atoms with van der Waals surface area (Å²) in [6, 6.07) is 9.65. The minimum absolute atomic E-state index is 0. The Balaban J connectivity index is 0.00000144. The molecule has 0 aliphatic heterocycles. The van der Waals surface area contributed by atoms with Crippen molar-refractivity contribution in [2.45, 2.75) is 6.61 Å². The van der Waals surface area contributed by atoms with Crippen molar-refractivity contribution in [1.82, 2.24) is 0 Å². The molecule has 0 bridgehead atoms. The summed E-state index contributed by atoms with van der Waals surface area (Å²) in [5.74, 6) is -0.0640. The van der Waals surface area contributed by atoms with E-state index in [0.717, 1.165) is 5.56 Å². The molecule has 0 unspecified atom stereocenters. The van der Waals surface area contributed by atoms with E-state index in [1.54, 1.807) is 0 Å². The van der Waals surface area contributed by atoms with Crippen molar-refractivity contribution in [1.29, 1.82) is 0 Å². The van der Waals surface area contributed by atoms with E-state index in [2.05, 4.69) is 5.16 Å². The monoisotopic (exact) mass is 201 g/mol. The maximum atomic E-state index is 5.06. The van der Waals surface area contributed by atoms with Crippen LogP contribution in [0.25, 0.3) is 0 Å². The molecule has 0 aromatic heterocycles. The van der Waals surface area contributed by atoms with Crippen LogP contribution in [0.4, 0.5) is 0 Å². The zero-order valence-corrected chi connectivity index (χ0v) is 7.83. The molecule has 0 amide bonds. The van der Waals surface area contributed by atoms with Crippen molar-refractivity contribution in [3.8, 4) is 0 Å². The van der Waals surface area contributed by atoms with Gasteiger partial charge in [0, 0.05) is 0 Å². The Morgan fingerprint density at radius 1 is 1.23 bits per heavy atom. The van der Waals surface area contributed by atoms with Crippen LogP contribution in [0, 0.1) is 0 Å². The van der Waals surface area contributed by atoms with Gasteiger partial charge in [-0.15, -0.1) is 12.4 Å². The van der Waals surface area contributed by atoms with Crippen molar-refractivity contribution < 1.29 is 4.84 Å². The van der Waals surface area contributed by atoms with Crippen LogP contribution in [0.3, 0.4) is 0 Å². The first-order chi connectivity index (χ1) is 5.79. The lowest BCUT2D eigenvalue weighted by Gasteiger charge is -1.98. The fourth-order valence-corrected chi connectivity index (χ4v) is 0.756. The molecule has 4 nitrogen and oxygen atoms in total. The van der Waals surface area contributed by atoms with E-state index in [0.29, 0.717) is 6.61 Å². The van der Waals surface area contributed by atoms with Gasteiger partial charge in [0.05, 0.1) is 0 Å². The number of nitrogens with zero attached hydrogens (tertiary/aromatic N) is 1. The molecule has 0 atom stereocenters. The molecule has 1 rings (SSSR count). The predicted octanol–water partition coefficient (Wildman–Crippen LogP) is 0.813. The summed E-state index contributed by atoms with van der Waals surface area (Å²) < 4.78 is 0. The smallest absolute Gasteiger partial charge is 0.228 e. The molecule has 0 saturated heterocycles. The third kappa shape index (κ3) is 4.92. The Morgan fingerprint density at radius 3 is 2.38 bits per heavy atom. The molecule has 0 aliphatic carbocycles. The van der Waals surface area contributed by atoms with Gasteiger partial charge in [-0.05, 0) is 10.7 Å². The predicted molar refractivity (Wildman–Crippen MR) is 54.3 cm³/mol. The number of oxime groups is 1. The van der Waals surface area contributed by atoms with Crippen LogP contribution in [-0.4, -0.2) is 5.96 Å². The summed E-state index contributed by atoms with van der Waals surface area (Å²) in [6.07, 6.45) is 0. The first kappa shape index (κ1) is 11.6. The lowest BCUT2D eigenvalue weighted by atomic mass is 10.2. The van der Waals surface area contributed by atoms with Gasteiger partial charge in [-0.3, -0.25) is 0 Å². The minimum Gasteiger partial charge on any atom is -0.388 e. The first-order valence-electron chi connectivity index (χ1n) is 3.54. The zero-order chi connectivity index (χ0) is 8.81. The summed E-state index contributed by atoms with van der Waals surface area (Å²) in [4.78, 5) is 4.82. The lowest BCUT2D eigenvalue weighted by molar-refractivity contribution is 0.130. The van der Waals surface area contributed by atoms with Gasteiger partial charge >= 0.3 is 0 Å². The molecule has 72 valence electrons. The Hall–Kier alpha value is -1.42. The highest BCUT2D eigenvalue weighted by atomic mass is 35.5. The number of rotatable bonds is 3. The van der Waals surface area contributed by atoms with Crippen LogP contribution in [-0.2, 0) is 11.4 Å². The van der Waals surface area contributed by atoms with Gasteiger partial charge in [-0.25, -0.2) is 0 Å². The Morgan fingerprint density at radius 2 is 1.85 bits per heavy atom. The van der Waals surface area contributed by atoms with E-state index in [4.69, 9.17) is 16.3 Å². The second kappa shape index (κ2) is 6.14. The van der Waals surface area contributed by atoms with Crippen LogP contribution >= 0.6 is 12.4 Å². The number of benzene rings is 1. The average Bonchev–Trinajstić information content (AvgIpc) is 2.05.